The Balaban J connectivity index is 0. The van der Waals surface area contributed by atoms with Gasteiger partial charge < -0.3 is 4.74 Å². The Kier molecular flexibility index (Phi) is 7.48. The standard InChI is InChI=1S/C5H11NO2.ClH/c1-4(2)5(7)8-3-6;/h4H,3,6H2,1-2H3;1H. The fourth-order valence-electron chi connectivity index (χ4n) is 0.249. The highest BCUT2D eigenvalue weighted by Crippen LogP contribution is 1.92. The minimum absolute atomic E-state index is 0. The van der Waals surface area contributed by atoms with E-state index in [2.05, 4.69) is 4.74 Å². The molecule has 0 unspecified atom stereocenters. The predicted molar refractivity (Wildman–Crippen MR) is 37.2 cm³/mol. The van der Waals surface area contributed by atoms with Crippen LogP contribution in [0.1, 0.15) is 13.8 Å². The van der Waals surface area contributed by atoms with E-state index in [1.54, 1.807) is 13.8 Å². The number of rotatable bonds is 2. The third-order valence-corrected chi connectivity index (χ3v) is 0.697. The predicted octanol–water partition coefficient (Wildman–Crippen LogP) is 0.524. The number of hydrogen-bond donors (Lipinski definition) is 1. The summed E-state index contributed by atoms with van der Waals surface area (Å²) in [6.07, 6.45) is 0. The van der Waals surface area contributed by atoms with Crippen LogP contribution in [0.4, 0.5) is 0 Å². The first kappa shape index (κ1) is 11.5. The Labute approximate surface area is 61.0 Å². The Hall–Kier alpha value is -0.280. The largest absolute Gasteiger partial charge is 0.450 e. The normalized spacial score (nSPS) is 8.44. The molecule has 2 N–H and O–H groups in total. The first-order valence-electron chi connectivity index (χ1n) is 2.55. The molecular formula is C5H12ClNO2. The van der Waals surface area contributed by atoms with E-state index >= 15 is 0 Å². The average Bonchev–Trinajstić information content (AvgIpc) is 1.67. The number of carbonyl (C=O) groups is 1. The van der Waals surface area contributed by atoms with Crippen molar-refractivity contribution in [2.24, 2.45) is 11.7 Å². The number of halogens is 1. The highest BCUT2D eigenvalue weighted by atomic mass is 35.5. The van der Waals surface area contributed by atoms with E-state index in [-0.39, 0.29) is 31.0 Å². The summed E-state index contributed by atoms with van der Waals surface area (Å²) in [5.74, 6) is -0.314. The topological polar surface area (TPSA) is 52.3 Å². The van der Waals surface area contributed by atoms with Crippen LogP contribution >= 0.6 is 12.4 Å². The van der Waals surface area contributed by atoms with Crippen LogP contribution in [-0.4, -0.2) is 12.7 Å². The van der Waals surface area contributed by atoms with Gasteiger partial charge in [-0.25, -0.2) is 0 Å². The lowest BCUT2D eigenvalue weighted by molar-refractivity contribution is -0.147. The van der Waals surface area contributed by atoms with E-state index in [9.17, 15) is 4.79 Å². The van der Waals surface area contributed by atoms with Gasteiger partial charge in [-0.15, -0.1) is 12.4 Å². The monoisotopic (exact) mass is 153 g/mol. The SMILES string of the molecule is CC(C)C(=O)OCN.Cl. The van der Waals surface area contributed by atoms with Crippen LogP contribution in [0.25, 0.3) is 0 Å². The Morgan fingerprint density at radius 1 is 1.67 bits per heavy atom. The van der Waals surface area contributed by atoms with Crippen molar-refractivity contribution in [3.05, 3.63) is 0 Å². The molecule has 0 aliphatic rings. The van der Waals surface area contributed by atoms with Crippen molar-refractivity contribution >= 4 is 18.4 Å². The van der Waals surface area contributed by atoms with E-state index in [4.69, 9.17) is 5.73 Å². The molecule has 0 saturated heterocycles. The van der Waals surface area contributed by atoms with Crippen LogP contribution in [-0.2, 0) is 9.53 Å². The number of esters is 1. The lowest BCUT2D eigenvalue weighted by Gasteiger charge is -2.01. The van der Waals surface area contributed by atoms with E-state index in [0.29, 0.717) is 0 Å². The van der Waals surface area contributed by atoms with Crippen LogP contribution < -0.4 is 5.73 Å². The molecule has 0 aliphatic carbocycles. The van der Waals surface area contributed by atoms with Gasteiger partial charge in [0.2, 0.25) is 0 Å². The maximum absolute atomic E-state index is 10.4. The van der Waals surface area contributed by atoms with Crippen LogP contribution in [0.5, 0.6) is 0 Å². The smallest absolute Gasteiger partial charge is 0.309 e. The molecule has 0 amide bonds. The summed E-state index contributed by atoms with van der Waals surface area (Å²) in [7, 11) is 0. The average molecular weight is 154 g/mol. The van der Waals surface area contributed by atoms with Gasteiger partial charge in [0, 0.05) is 0 Å². The van der Waals surface area contributed by atoms with E-state index in [1.807, 2.05) is 0 Å². The van der Waals surface area contributed by atoms with Crippen molar-refractivity contribution in [3.8, 4) is 0 Å². The van der Waals surface area contributed by atoms with Gasteiger partial charge in [0.15, 0.2) is 0 Å². The molecule has 0 atom stereocenters. The van der Waals surface area contributed by atoms with Crippen molar-refractivity contribution in [2.45, 2.75) is 13.8 Å². The molecule has 0 heterocycles. The molecule has 0 spiro atoms. The van der Waals surface area contributed by atoms with Gasteiger partial charge in [0.1, 0.15) is 6.73 Å². The number of nitrogens with two attached hydrogens (primary N) is 1. The van der Waals surface area contributed by atoms with Gasteiger partial charge in [0.05, 0.1) is 5.92 Å². The minimum atomic E-state index is -0.243. The molecular weight excluding hydrogens is 142 g/mol. The third kappa shape index (κ3) is 5.59. The minimum Gasteiger partial charge on any atom is -0.450 e. The summed E-state index contributed by atoms with van der Waals surface area (Å²) in [5, 5.41) is 0. The highest BCUT2D eigenvalue weighted by Gasteiger charge is 2.05. The molecule has 0 aliphatic heterocycles. The Bertz CT molecular complexity index is 85.0. The molecule has 56 valence electrons. The Morgan fingerprint density at radius 3 is 2.22 bits per heavy atom. The first-order valence-corrected chi connectivity index (χ1v) is 2.55. The second-order valence-corrected chi connectivity index (χ2v) is 1.78. The van der Waals surface area contributed by atoms with E-state index in [0.717, 1.165) is 0 Å². The molecule has 0 saturated carbocycles. The second-order valence-electron chi connectivity index (χ2n) is 1.78. The summed E-state index contributed by atoms with van der Waals surface area (Å²) in [6, 6.07) is 0. The molecule has 9 heavy (non-hydrogen) atoms. The van der Waals surface area contributed by atoms with Gasteiger partial charge in [-0.3, -0.25) is 10.5 Å². The van der Waals surface area contributed by atoms with Crippen LogP contribution in [0.2, 0.25) is 0 Å². The molecule has 4 heteroatoms. The van der Waals surface area contributed by atoms with Crippen molar-refractivity contribution in [1.82, 2.24) is 0 Å². The maximum Gasteiger partial charge on any atom is 0.309 e. The lowest BCUT2D eigenvalue weighted by Crippen LogP contribution is -2.16. The molecule has 3 nitrogen and oxygen atoms in total. The first-order chi connectivity index (χ1) is 3.68. The second kappa shape index (κ2) is 5.85. The summed E-state index contributed by atoms with van der Waals surface area (Å²) in [4.78, 5) is 10.4. The van der Waals surface area contributed by atoms with Gasteiger partial charge in [-0.2, -0.15) is 0 Å². The maximum atomic E-state index is 10.4. The quantitative estimate of drug-likeness (QED) is 0.465. The molecule has 0 bridgehead atoms. The van der Waals surface area contributed by atoms with E-state index in [1.165, 1.54) is 0 Å². The van der Waals surface area contributed by atoms with Gasteiger partial charge in [-0.05, 0) is 0 Å². The third-order valence-electron chi connectivity index (χ3n) is 0.697. The van der Waals surface area contributed by atoms with Gasteiger partial charge in [-0.1, -0.05) is 13.8 Å². The summed E-state index contributed by atoms with van der Waals surface area (Å²) in [6.45, 7) is 3.51. The van der Waals surface area contributed by atoms with Gasteiger partial charge >= 0.3 is 5.97 Å². The Morgan fingerprint density at radius 2 is 2.11 bits per heavy atom. The fourth-order valence-corrected chi connectivity index (χ4v) is 0.249. The van der Waals surface area contributed by atoms with Crippen molar-refractivity contribution in [2.75, 3.05) is 6.73 Å². The number of hydrogen-bond acceptors (Lipinski definition) is 3. The zero-order chi connectivity index (χ0) is 6.57. The van der Waals surface area contributed by atoms with Crippen LogP contribution in [0.15, 0.2) is 0 Å². The van der Waals surface area contributed by atoms with Crippen LogP contribution in [0.3, 0.4) is 0 Å². The number of carbonyl (C=O) groups excluding carboxylic acids is 1. The molecule has 0 radical (unpaired) electrons. The highest BCUT2D eigenvalue weighted by molar-refractivity contribution is 5.85. The zero-order valence-electron chi connectivity index (χ0n) is 5.59. The fraction of sp³-hybridized carbons (Fsp3) is 0.800. The molecule has 0 aromatic carbocycles. The van der Waals surface area contributed by atoms with Gasteiger partial charge in [0.25, 0.3) is 0 Å². The zero-order valence-corrected chi connectivity index (χ0v) is 6.40. The summed E-state index contributed by atoms with van der Waals surface area (Å²) in [5.41, 5.74) is 4.92. The molecule has 0 rings (SSSR count). The van der Waals surface area contributed by atoms with Crippen molar-refractivity contribution in [3.63, 3.8) is 0 Å². The molecule has 0 aromatic rings. The summed E-state index contributed by atoms with van der Waals surface area (Å²) >= 11 is 0. The summed E-state index contributed by atoms with van der Waals surface area (Å²) < 4.78 is 4.44. The van der Waals surface area contributed by atoms with Crippen molar-refractivity contribution in [1.29, 1.82) is 0 Å². The molecule has 0 fully saturated rings. The van der Waals surface area contributed by atoms with Crippen LogP contribution in [0, 0.1) is 5.92 Å². The lowest BCUT2D eigenvalue weighted by atomic mass is 10.2. The van der Waals surface area contributed by atoms with E-state index < -0.39 is 0 Å². The van der Waals surface area contributed by atoms with Crippen molar-refractivity contribution < 1.29 is 9.53 Å². The number of ether oxygens (including phenoxy) is 1. The molecule has 0 aromatic heterocycles.